The lowest BCUT2D eigenvalue weighted by atomic mass is 10.0. The van der Waals surface area contributed by atoms with Gasteiger partial charge in [0, 0.05) is 6.07 Å². The van der Waals surface area contributed by atoms with E-state index in [9.17, 15) is 4.79 Å². The van der Waals surface area contributed by atoms with Crippen molar-refractivity contribution in [3.05, 3.63) is 115 Å². The van der Waals surface area contributed by atoms with Crippen LogP contribution in [-0.2, 0) is 11.2 Å². The number of aromatic nitrogens is 6. The Morgan fingerprint density at radius 1 is 0.838 bits per heavy atom. The van der Waals surface area contributed by atoms with Crippen LogP contribution in [0.25, 0.3) is 33.7 Å². The van der Waals surface area contributed by atoms with Crippen molar-refractivity contribution in [3.63, 3.8) is 0 Å². The topological polar surface area (TPSA) is 90.5 Å². The Balaban J connectivity index is 1.25. The number of aryl methyl sites for hydroxylation is 1. The first-order chi connectivity index (χ1) is 18.2. The summed E-state index contributed by atoms with van der Waals surface area (Å²) in [6.07, 6.45) is 3.44. The Hall–Kier alpha value is -5.11. The summed E-state index contributed by atoms with van der Waals surface area (Å²) in [4.78, 5) is 21.9. The van der Waals surface area contributed by atoms with E-state index in [0.29, 0.717) is 17.3 Å². The normalized spacial score (nSPS) is 11.1. The highest BCUT2D eigenvalue weighted by Crippen LogP contribution is 2.24. The molecule has 0 fully saturated rings. The summed E-state index contributed by atoms with van der Waals surface area (Å²) in [6.45, 7) is 1.88. The number of nitrogens with zero attached hydrogens (tertiary/aromatic N) is 6. The molecular formula is C29H23N7O. The summed E-state index contributed by atoms with van der Waals surface area (Å²) in [6, 6.07) is 29.8. The molecule has 0 aliphatic rings. The largest absolute Gasteiger partial charge is 0.310 e. The van der Waals surface area contributed by atoms with Crippen molar-refractivity contribution in [3.8, 4) is 22.6 Å². The van der Waals surface area contributed by atoms with E-state index in [4.69, 9.17) is 0 Å². The molecule has 180 valence electrons. The molecule has 3 heterocycles. The fourth-order valence-electron chi connectivity index (χ4n) is 4.33. The van der Waals surface area contributed by atoms with Gasteiger partial charge in [0.25, 0.3) is 0 Å². The van der Waals surface area contributed by atoms with Crippen molar-refractivity contribution in [1.29, 1.82) is 0 Å². The molecule has 0 aliphatic carbocycles. The van der Waals surface area contributed by atoms with Gasteiger partial charge < -0.3 is 5.32 Å². The lowest BCUT2D eigenvalue weighted by molar-refractivity contribution is -0.115. The fourth-order valence-corrected chi connectivity index (χ4v) is 4.33. The molecule has 37 heavy (non-hydrogen) atoms. The minimum absolute atomic E-state index is 0.140. The van der Waals surface area contributed by atoms with Crippen LogP contribution < -0.4 is 5.32 Å². The highest BCUT2D eigenvalue weighted by molar-refractivity contribution is 5.92. The average molecular weight is 486 g/mol. The van der Waals surface area contributed by atoms with Crippen LogP contribution in [-0.4, -0.2) is 35.4 Å². The fraction of sp³-hybridized carbons (Fsp3) is 0.0690. The zero-order valence-corrected chi connectivity index (χ0v) is 20.1. The molecule has 0 atom stereocenters. The lowest BCUT2D eigenvalue weighted by Gasteiger charge is -2.10. The molecule has 0 aliphatic heterocycles. The third-order valence-corrected chi connectivity index (χ3v) is 6.07. The molecule has 6 aromatic rings. The number of rotatable bonds is 6. The van der Waals surface area contributed by atoms with Crippen molar-refractivity contribution in [2.24, 2.45) is 0 Å². The number of carbonyl (C=O) groups excluding carboxylic acids is 1. The minimum atomic E-state index is -0.140. The Morgan fingerprint density at radius 3 is 2.30 bits per heavy atom. The summed E-state index contributed by atoms with van der Waals surface area (Å²) >= 11 is 0. The van der Waals surface area contributed by atoms with Crippen LogP contribution in [0.3, 0.4) is 0 Å². The third kappa shape index (κ3) is 4.48. The van der Waals surface area contributed by atoms with Crippen LogP contribution in [0.2, 0.25) is 0 Å². The molecule has 8 nitrogen and oxygen atoms in total. The van der Waals surface area contributed by atoms with E-state index in [1.807, 2.05) is 85.8 Å². The smallest absolute Gasteiger partial charge is 0.229 e. The number of benzene rings is 3. The lowest BCUT2D eigenvalue weighted by Crippen LogP contribution is -2.17. The molecule has 3 aromatic carbocycles. The van der Waals surface area contributed by atoms with Crippen molar-refractivity contribution >= 4 is 22.8 Å². The summed E-state index contributed by atoms with van der Waals surface area (Å²) in [5.74, 6) is 0.942. The summed E-state index contributed by atoms with van der Waals surface area (Å²) in [5.41, 5.74) is 5.48. The SMILES string of the molecule is Cc1cc(NC(=O)Cc2ccc(-c3ccccc3)cc2)n(-c2ncnc3c2cnn3-c2ccccc2)n1. The van der Waals surface area contributed by atoms with Crippen LogP contribution in [0.5, 0.6) is 0 Å². The molecule has 0 bridgehead atoms. The first-order valence-electron chi connectivity index (χ1n) is 11.9. The van der Waals surface area contributed by atoms with Gasteiger partial charge in [-0.15, -0.1) is 0 Å². The van der Waals surface area contributed by atoms with Gasteiger partial charge in [0.1, 0.15) is 12.1 Å². The van der Waals surface area contributed by atoms with Gasteiger partial charge in [0.05, 0.1) is 29.4 Å². The van der Waals surface area contributed by atoms with Crippen molar-refractivity contribution in [1.82, 2.24) is 29.5 Å². The molecule has 0 saturated carbocycles. The molecule has 1 N–H and O–H groups in total. The highest BCUT2D eigenvalue weighted by Gasteiger charge is 2.18. The maximum atomic E-state index is 13.0. The van der Waals surface area contributed by atoms with Crippen LogP contribution in [0.4, 0.5) is 5.82 Å². The van der Waals surface area contributed by atoms with Gasteiger partial charge in [-0.1, -0.05) is 72.8 Å². The van der Waals surface area contributed by atoms with E-state index in [2.05, 4.69) is 37.6 Å². The van der Waals surface area contributed by atoms with Crippen LogP contribution >= 0.6 is 0 Å². The van der Waals surface area contributed by atoms with E-state index in [0.717, 1.165) is 33.5 Å². The first-order valence-corrected chi connectivity index (χ1v) is 11.9. The monoisotopic (exact) mass is 485 g/mol. The minimum Gasteiger partial charge on any atom is -0.310 e. The van der Waals surface area contributed by atoms with Gasteiger partial charge in [-0.25, -0.2) is 14.6 Å². The predicted octanol–water partition coefficient (Wildman–Crippen LogP) is 5.16. The van der Waals surface area contributed by atoms with Gasteiger partial charge in [-0.2, -0.15) is 14.9 Å². The van der Waals surface area contributed by atoms with Gasteiger partial charge in [0.15, 0.2) is 11.5 Å². The standard InChI is InChI=1S/C29H23N7O/c1-20-16-26(33-27(37)17-21-12-14-23(15-13-21)22-8-4-2-5-9-22)36(34-20)29-25-18-32-35(28(25)30-19-31-29)24-10-6-3-7-11-24/h2-16,18-19H,17H2,1H3,(H,33,37). The number of amides is 1. The second kappa shape index (κ2) is 9.50. The summed E-state index contributed by atoms with van der Waals surface area (Å²) < 4.78 is 3.39. The summed E-state index contributed by atoms with van der Waals surface area (Å²) in [7, 11) is 0. The highest BCUT2D eigenvalue weighted by atomic mass is 16.1. The molecule has 8 heteroatoms. The maximum Gasteiger partial charge on any atom is 0.229 e. The molecule has 0 spiro atoms. The Morgan fingerprint density at radius 2 is 1.54 bits per heavy atom. The number of carbonyl (C=O) groups is 1. The molecule has 3 aromatic heterocycles. The van der Waals surface area contributed by atoms with Crippen molar-refractivity contribution in [2.75, 3.05) is 5.32 Å². The van der Waals surface area contributed by atoms with Crippen LogP contribution in [0.15, 0.2) is 104 Å². The van der Waals surface area contributed by atoms with Gasteiger partial charge in [-0.05, 0) is 35.7 Å². The quantitative estimate of drug-likeness (QED) is 0.352. The van der Waals surface area contributed by atoms with E-state index >= 15 is 0 Å². The summed E-state index contributed by atoms with van der Waals surface area (Å²) in [5, 5.41) is 12.8. The Kier molecular flexibility index (Phi) is 5.74. The van der Waals surface area contributed by atoms with E-state index in [1.54, 1.807) is 15.6 Å². The first kappa shape index (κ1) is 22.4. The number of nitrogens with one attached hydrogen (secondary N) is 1. The predicted molar refractivity (Wildman–Crippen MR) is 143 cm³/mol. The van der Waals surface area contributed by atoms with Gasteiger partial charge in [-0.3, -0.25) is 4.79 Å². The third-order valence-electron chi connectivity index (χ3n) is 6.07. The van der Waals surface area contributed by atoms with Crippen LogP contribution in [0, 0.1) is 6.92 Å². The van der Waals surface area contributed by atoms with Gasteiger partial charge in [0.2, 0.25) is 5.91 Å². The Labute approximate surface area is 213 Å². The van der Waals surface area contributed by atoms with Crippen molar-refractivity contribution < 1.29 is 4.79 Å². The van der Waals surface area contributed by atoms with E-state index in [1.165, 1.54) is 6.33 Å². The molecular weight excluding hydrogens is 462 g/mol. The molecule has 0 saturated heterocycles. The second-order valence-electron chi connectivity index (χ2n) is 8.70. The number of fused-ring (bicyclic) bond motifs is 1. The Bertz CT molecular complexity index is 1690. The van der Waals surface area contributed by atoms with Crippen LogP contribution in [0.1, 0.15) is 11.3 Å². The second-order valence-corrected chi connectivity index (χ2v) is 8.70. The maximum absolute atomic E-state index is 13.0. The van der Waals surface area contributed by atoms with E-state index in [-0.39, 0.29) is 12.3 Å². The molecule has 0 unspecified atom stereocenters. The number of para-hydroxylation sites is 1. The van der Waals surface area contributed by atoms with Gasteiger partial charge >= 0.3 is 0 Å². The molecule has 1 amide bonds. The van der Waals surface area contributed by atoms with Crippen molar-refractivity contribution in [2.45, 2.75) is 13.3 Å². The zero-order valence-electron chi connectivity index (χ0n) is 20.1. The number of anilines is 1. The molecule has 0 radical (unpaired) electrons. The number of hydrogen-bond donors (Lipinski definition) is 1. The average Bonchev–Trinajstić information content (AvgIpc) is 3.53. The molecule has 6 rings (SSSR count). The number of hydrogen-bond acceptors (Lipinski definition) is 5. The van der Waals surface area contributed by atoms with E-state index < -0.39 is 0 Å². The zero-order chi connectivity index (χ0) is 25.2.